The fourth-order valence-corrected chi connectivity index (χ4v) is 3.08. The van der Waals surface area contributed by atoms with Gasteiger partial charge in [-0.15, -0.1) is 0 Å². The lowest BCUT2D eigenvalue weighted by Crippen LogP contribution is -2.30. The third-order valence-electron chi connectivity index (χ3n) is 4.93. The summed E-state index contributed by atoms with van der Waals surface area (Å²) in [7, 11) is 0. The molecule has 29 heavy (non-hydrogen) atoms. The topological polar surface area (TPSA) is 87.3 Å². The molecule has 0 aromatic heterocycles. The van der Waals surface area contributed by atoms with Crippen molar-refractivity contribution in [2.75, 3.05) is 5.32 Å². The molecule has 1 atom stereocenters. The summed E-state index contributed by atoms with van der Waals surface area (Å²) < 4.78 is 0. The molecule has 6 nitrogen and oxygen atoms in total. The van der Waals surface area contributed by atoms with E-state index in [9.17, 15) is 14.4 Å². The number of hydrogen-bond donors (Lipinski definition) is 3. The van der Waals surface area contributed by atoms with Gasteiger partial charge in [-0.05, 0) is 49.9 Å². The molecule has 0 aliphatic heterocycles. The van der Waals surface area contributed by atoms with Crippen LogP contribution in [0, 0.1) is 13.8 Å². The normalized spacial score (nSPS) is 14.0. The minimum Gasteiger partial charge on any atom is -0.349 e. The number of amides is 3. The molecule has 2 aromatic carbocycles. The Labute approximate surface area is 171 Å². The first-order valence-electron chi connectivity index (χ1n) is 9.87. The van der Waals surface area contributed by atoms with Gasteiger partial charge >= 0.3 is 0 Å². The number of carbonyl (C=O) groups excluding carboxylic acids is 3. The number of aryl methyl sites for hydroxylation is 2. The van der Waals surface area contributed by atoms with E-state index in [-0.39, 0.29) is 30.2 Å². The minimum atomic E-state index is -0.422. The summed E-state index contributed by atoms with van der Waals surface area (Å²) in [4.78, 5) is 36.6. The van der Waals surface area contributed by atoms with E-state index in [0.717, 1.165) is 29.5 Å². The molecule has 0 spiro atoms. The molecule has 0 bridgehead atoms. The van der Waals surface area contributed by atoms with Crippen molar-refractivity contribution in [3.8, 4) is 0 Å². The van der Waals surface area contributed by atoms with Crippen LogP contribution in [-0.2, 0) is 9.59 Å². The third-order valence-corrected chi connectivity index (χ3v) is 4.93. The van der Waals surface area contributed by atoms with Crippen molar-refractivity contribution in [1.82, 2.24) is 10.6 Å². The van der Waals surface area contributed by atoms with Gasteiger partial charge in [0.15, 0.2) is 0 Å². The van der Waals surface area contributed by atoms with Gasteiger partial charge in [0.05, 0.1) is 12.5 Å². The molecule has 1 fully saturated rings. The van der Waals surface area contributed by atoms with Crippen molar-refractivity contribution < 1.29 is 14.4 Å². The predicted octanol–water partition coefficient (Wildman–Crippen LogP) is 3.40. The Morgan fingerprint density at radius 2 is 1.72 bits per heavy atom. The molecule has 152 valence electrons. The summed E-state index contributed by atoms with van der Waals surface area (Å²) in [5, 5.41) is 8.68. The lowest BCUT2D eigenvalue weighted by Gasteiger charge is -2.19. The van der Waals surface area contributed by atoms with E-state index in [1.165, 1.54) is 6.92 Å². The zero-order valence-electron chi connectivity index (χ0n) is 17.0. The molecular formula is C23H27N3O3. The van der Waals surface area contributed by atoms with Gasteiger partial charge in [-0.2, -0.15) is 0 Å². The van der Waals surface area contributed by atoms with Crippen molar-refractivity contribution in [1.29, 1.82) is 0 Å². The van der Waals surface area contributed by atoms with Gasteiger partial charge < -0.3 is 16.0 Å². The largest absolute Gasteiger partial charge is 0.349 e. The average molecular weight is 393 g/mol. The second-order valence-corrected chi connectivity index (χ2v) is 7.69. The van der Waals surface area contributed by atoms with Crippen LogP contribution in [0.5, 0.6) is 0 Å². The molecule has 3 amide bonds. The van der Waals surface area contributed by atoms with Gasteiger partial charge in [-0.1, -0.05) is 35.9 Å². The SMILES string of the molecule is CC(=O)NC(CC(=O)Nc1cc(C(=O)NC2CC2)ccc1C)c1ccc(C)cc1. The second-order valence-electron chi connectivity index (χ2n) is 7.69. The van der Waals surface area contributed by atoms with Crippen molar-refractivity contribution >= 4 is 23.4 Å². The summed E-state index contributed by atoms with van der Waals surface area (Å²) in [6.07, 6.45) is 2.13. The molecule has 1 unspecified atom stereocenters. The monoisotopic (exact) mass is 393 g/mol. The Bertz CT molecular complexity index is 917. The first-order chi connectivity index (χ1) is 13.8. The molecule has 2 aromatic rings. The number of benzene rings is 2. The molecule has 0 radical (unpaired) electrons. The molecule has 0 saturated heterocycles. The molecule has 6 heteroatoms. The Kier molecular flexibility index (Phi) is 6.32. The smallest absolute Gasteiger partial charge is 0.251 e. The van der Waals surface area contributed by atoms with Crippen LogP contribution in [0.25, 0.3) is 0 Å². The number of carbonyl (C=O) groups is 3. The molecule has 1 aliphatic carbocycles. The Hall–Kier alpha value is -3.15. The summed E-state index contributed by atoms with van der Waals surface area (Å²) >= 11 is 0. The van der Waals surface area contributed by atoms with Crippen molar-refractivity contribution in [3.05, 3.63) is 64.7 Å². The molecule has 1 saturated carbocycles. The van der Waals surface area contributed by atoms with E-state index < -0.39 is 6.04 Å². The van der Waals surface area contributed by atoms with Crippen LogP contribution in [0.15, 0.2) is 42.5 Å². The average Bonchev–Trinajstić information content (AvgIpc) is 3.47. The van der Waals surface area contributed by atoms with Gasteiger partial charge in [0.25, 0.3) is 5.91 Å². The number of rotatable bonds is 7. The van der Waals surface area contributed by atoms with Gasteiger partial charge in [0.2, 0.25) is 11.8 Å². The quantitative estimate of drug-likeness (QED) is 0.674. The van der Waals surface area contributed by atoms with Crippen LogP contribution in [0.2, 0.25) is 0 Å². The highest BCUT2D eigenvalue weighted by molar-refractivity contribution is 5.98. The van der Waals surface area contributed by atoms with E-state index in [2.05, 4.69) is 16.0 Å². The van der Waals surface area contributed by atoms with E-state index >= 15 is 0 Å². The lowest BCUT2D eigenvalue weighted by atomic mass is 10.0. The number of anilines is 1. The van der Waals surface area contributed by atoms with Gasteiger partial charge in [-0.3, -0.25) is 14.4 Å². The molecule has 1 aliphatic rings. The van der Waals surface area contributed by atoms with Crippen molar-refractivity contribution in [2.24, 2.45) is 0 Å². The van der Waals surface area contributed by atoms with Gasteiger partial charge in [-0.25, -0.2) is 0 Å². The van der Waals surface area contributed by atoms with Gasteiger partial charge in [0, 0.05) is 24.2 Å². The van der Waals surface area contributed by atoms with E-state index in [1.54, 1.807) is 12.1 Å². The molecule has 3 rings (SSSR count). The predicted molar refractivity (Wildman–Crippen MR) is 113 cm³/mol. The molecule has 3 N–H and O–H groups in total. The third kappa shape index (κ3) is 5.91. The summed E-state index contributed by atoms with van der Waals surface area (Å²) in [6.45, 7) is 5.30. The first-order valence-corrected chi connectivity index (χ1v) is 9.87. The minimum absolute atomic E-state index is 0.0978. The number of hydrogen-bond acceptors (Lipinski definition) is 3. The van der Waals surface area contributed by atoms with Crippen LogP contribution >= 0.6 is 0 Å². The van der Waals surface area contributed by atoms with Crippen LogP contribution < -0.4 is 16.0 Å². The van der Waals surface area contributed by atoms with Crippen LogP contribution in [-0.4, -0.2) is 23.8 Å². The van der Waals surface area contributed by atoms with Crippen LogP contribution in [0.4, 0.5) is 5.69 Å². The fraction of sp³-hybridized carbons (Fsp3) is 0.348. The Morgan fingerprint density at radius 1 is 1.03 bits per heavy atom. The number of nitrogens with one attached hydrogen (secondary N) is 3. The van der Waals surface area contributed by atoms with E-state index in [4.69, 9.17) is 0 Å². The van der Waals surface area contributed by atoms with Crippen molar-refractivity contribution in [3.63, 3.8) is 0 Å². The highest BCUT2D eigenvalue weighted by Crippen LogP contribution is 2.23. The summed E-state index contributed by atoms with van der Waals surface area (Å²) in [5.74, 6) is -0.552. The summed E-state index contributed by atoms with van der Waals surface area (Å²) in [6, 6.07) is 12.9. The zero-order valence-corrected chi connectivity index (χ0v) is 17.0. The second kappa shape index (κ2) is 8.90. The van der Waals surface area contributed by atoms with Crippen molar-refractivity contribution in [2.45, 2.75) is 52.1 Å². The standard InChI is InChI=1S/C23H27N3O3/c1-14-4-7-17(8-5-14)21(24-16(3)27)13-22(28)26-20-12-18(9-6-15(20)2)23(29)25-19-10-11-19/h4-9,12,19,21H,10-11,13H2,1-3H3,(H,24,27)(H,25,29)(H,26,28). The molecule has 0 heterocycles. The van der Waals surface area contributed by atoms with Crippen LogP contribution in [0.1, 0.15) is 59.3 Å². The van der Waals surface area contributed by atoms with E-state index in [1.807, 2.05) is 44.2 Å². The Morgan fingerprint density at radius 3 is 2.34 bits per heavy atom. The zero-order chi connectivity index (χ0) is 21.0. The first kappa shape index (κ1) is 20.6. The van der Waals surface area contributed by atoms with Crippen LogP contribution in [0.3, 0.4) is 0 Å². The lowest BCUT2D eigenvalue weighted by molar-refractivity contribution is -0.120. The maximum Gasteiger partial charge on any atom is 0.251 e. The maximum atomic E-state index is 12.7. The Balaban J connectivity index is 1.71. The summed E-state index contributed by atoms with van der Waals surface area (Å²) in [5.41, 5.74) is 3.97. The maximum absolute atomic E-state index is 12.7. The highest BCUT2D eigenvalue weighted by Gasteiger charge is 2.24. The van der Waals surface area contributed by atoms with Gasteiger partial charge in [0.1, 0.15) is 0 Å². The fourth-order valence-electron chi connectivity index (χ4n) is 3.08. The molecular weight excluding hydrogens is 366 g/mol. The van der Waals surface area contributed by atoms with E-state index in [0.29, 0.717) is 11.3 Å². The highest BCUT2D eigenvalue weighted by atomic mass is 16.2.